The SMILES string of the molecule is CCN(CC)S(=O)(=O)c1ccc(NC(=O)CNC(=O)c2cccc(S(=O)(=O)N(C)C)c2)cc1. The average Bonchev–Trinajstić information content (AvgIpc) is 2.78. The van der Waals surface area contributed by atoms with Gasteiger partial charge in [-0.05, 0) is 42.5 Å². The van der Waals surface area contributed by atoms with E-state index in [2.05, 4.69) is 10.6 Å². The Morgan fingerprint density at radius 1 is 0.848 bits per heavy atom. The normalized spacial score (nSPS) is 12.1. The largest absolute Gasteiger partial charge is 0.343 e. The van der Waals surface area contributed by atoms with Crippen LogP contribution in [-0.2, 0) is 24.8 Å². The van der Waals surface area contributed by atoms with Crippen molar-refractivity contribution in [1.29, 1.82) is 0 Å². The van der Waals surface area contributed by atoms with Gasteiger partial charge in [0.1, 0.15) is 0 Å². The first-order valence-corrected chi connectivity index (χ1v) is 13.0. The Bertz CT molecular complexity index is 1210. The molecule has 0 aliphatic heterocycles. The number of carbonyl (C=O) groups excluding carboxylic acids is 2. The van der Waals surface area contributed by atoms with Gasteiger partial charge in [0.25, 0.3) is 5.91 Å². The molecule has 0 heterocycles. The molecule has 0 fully saturated rings. The summed E-state index contributed by atoms with van der Waals surface area (Å²) >= 11 is 0. The molecule has 2 aromatic carbocycles. The van der Waals surface area contributed by atoms with Crippen molar-refractivity contribution in [2.75, 3.05) is 39.0 Å². The van der Waals surface area contributed by atoms with Crippen LogP contribution in [-0.4, -0.2) is 71.0 Å². The molecule has 0 bridgehead atoms. The van der Waals surface area contributed by atoms with Crippen molar-refractivity contribution >= 4 is 37.5 Å². The maximum absolute atomic E-state index is 12.5. The van der Waals surface area contributed by atoms with E-state index in [0.717, 1.165) is 4.31 Å². The van der Waals surface area contributed by atoms with Gasteiger partial charge in [0, 0.05) is 38.4 Å². The summed E-state index contributed by atoms with van der Waals surface area (Å²) in [4.78, 5) is 24.6. The number of carbonyl (C=O) groups is 2. The minimum absolute atomic E-state index is 0.0376. The van der Waals surface area contributed by atoms with Crippen LogP contribution < -0.4 is 10.6 Å². The Kier molecular flexibility index (Phi) is 8.72. The van der Waals surface area contributed by atoms with Crippen LogP contribution in [0.2, 0.25) is 0 Å². The van der Waals surface area contributed by atoms with E-state index in [1.807, 2.05) is 0 Å². The van der Waals surface area contributed by atoms with E-state index in [0.29, 0.717) is 18.8 Å². The molecular weight excluding hydrogens is 468 g/mol. The number of sulfonamides is 2. The van der Waals surface area contributed by atoms with Crippen molar-refractivity contribution in [3.8, 4) is 0 Å². The third-order valence-electron chi connectivity index (χ3n) is 4.77. The fourth-order valence-electron chi connectivity index (χ4n) is 2.90. The monoisotopic (exact) mass is 496 g/mol. The van der Waals surface area contributed by atoms with E-state index in [9.17, 15) is 26.4 Å². The first kappa shape index (κ1) is 26.5. The van der Waals surface area contributed by atoms with E-state index < -0.39 is 31.9 Å². The second kappa shape index (κ2) is 10.9. The third kappa shape index (κ3) is 6.38. The topological polar surface area (TPSA) is 133 Å². The highest BCUT2D eigenvalue weighted by molar-refractivity contribution is 7.89. The van der Waals surface area contributed by atoms with Gasteiger partial charge >= 0.3 is 0 Å². The summed E-state index contributed by atoms with van der Waals surface area (Å²) in [5, 5.41) is 5.00. The molecule has 180 valence electrons. The predicted molar refractivity (Wildman–Crippen MR) is 125 cm³/mol. The second-order valence-corrected chi connectivity index (χ2v) is 11.2. The van der Waals surface area contributed by atoms with Gasteiger partial charge in [-0.2, -0.15) is 4.31 Å². The molecular formula is C21H28N4O6S2. The van der Waals surface area contributed by atoms with Crippen molar-refractivity contribution in [3.05, 3.63) is 54.1 Å². The number of nitrogens with zero attached hydrogens (tertiary/aromatic N) is 2. The standard InChI is InChI=1S/C21H28N4O6S2/c1-5-25(6-2)33(30,31)18-12-10-17(11-13-18)23-20(26)15-22-21(27)16-8-7-9-19(14-16)32(28,29)24(3)4/h7-14H,5-6,15H2,1-4H3,(H,22,27)(H,23,26). The molecule has 2 aromatic rings. The van der Waals surface area contributed by atoms with Gasteiger partial charge in [-0.25, -0.2) is 21.1 Å². The molecule has 2 N–H and O–H groups in total. The highest BCUT2D eigenvalue weighted by Crippen LogP contribution is 2.18. The Morgan fingerprint density at radius 3 is 2.00 bits per heavy atom. The van der Waals surface area contributed by atoms with E-state index in [4.69, 9.17) is 0 Å². The zero-order chi connectivity index (χ0) is 24.8. The number of hydrogen-bond donors (Lipinski definition) is 2. The molecule has 2 amide bonds. The van der Waals surface area contributed by atoms with Gasteiger partial charge < -0.3 is 10.6 Å². The third-order valence-corrected chi connectivity index (χ3v) is 8.64. The van der Waals surface area contributed by atoms with Crippen molar-refractivity contribution in [2.24, 2.45) is 0 Å². The summed E-state index contributed by atoms with van der Waals surface area (Å²) < 4.78 is 51.8. The number of rotatable bonds is 10. The fraction of sp³-hybridized carbons (Fsp3) is 0.333. The quantitative estimate of drug-likeness (QED) is 0.510. The van der Waals surface area contributed by atoms with Crippen LogP contribution in [0.15, 0.2) is 58.3 Å². The first-order chi connectivity index (χ1) is 15.4. The molecule has 0 unspecified atom stereocenters. The smallest absolute Gasteiger partial charge is 0.251 e. The Hall–Kier alpha value is -2.80. The lowest BCUT2D eigenvalue weighted by Gasteiger charge is -2.18. The molecule has 0 saturated carbocycles. The van der Waals surface area contributed by atoms with Gasteiger partial charge in [-0.3, -0.25) is 9.59 Å². The number of benzene rings is 2. The van der Waals surface area contributed by atoms with Gasteiger partial charge in [-0.15, -0.1) is 0 Å². The summed E-state index contributed by atoms with van der Waals surface area (Å²) in [5.41, 5.74) is 0.462. The lowest BCUT2D eigenvalue weighted by Crippen LogP contribution is -2.33. The lowest BCUT2D eigenvalue weighted by molar-refractivity contribution is -0.115. The molecule has 0 atom stereocenters. The first-order valence-electron chi connectivity index (χ1n) is 10.1. The van der Waals surface area contributed by atoms with Crippen molar-refractivity contribution in [2.45, 2.75) is 23.6 Å². The van der Waals surface area contributed by atoms with E-state index in [-0.39, 0.29) is 21.9 Å². The summed E-state index contributed by atoms with van der Waals surface area (Å²) in [7, 11) is -4.53. The van der Waals surface area contributed by atoms with E-state index >= 15 is 0 Å². The summed E-state index contributed by atoms with van der Waals surface area (Å²) in [6, 6.07) is 11.2. The minimum atomic E-state index is -3.70. The molecule has 12 heteroatoms. The Morgan fingerprint density at radius 2 is 1.45 bits per heavy atom. The minimum Gasteiger partial charge on any atom is -0.343 e. The van der Waals surface area contributed by atoms with Gasteiger partial charge in [0.05, 0.1) is 16.3 Å². The summed E-state index contributed by atoms with van der Waals surface area (Å²) in [6.07, 6.45) is 0. The molecule has 0 radical (unpaired) electrons. The van der Waals surface area contributed by atoms with Gasteiger partial charge in [-0.1, -0.05) is 19.9 Å². The van der Waals surface area contributed by atoms with Crippen LogP contribution in [0.4, 0.5) is 5.69 Å². The average molecular weight is 497 g/mol. The molecule has 10 nitrogen and oxygen atoms in total. The van der Waals surface area contributed by atoms with Crippen LogP contribution >= 0.6 is 0 Å². The van der Waals surface area contributed by atoms with Gasteiger partial charge in [0.2, 0.25) is 26.0 Å². The molecule has 0 aliphatic rings. The number of amides is 2. The second-order valence-electron chi connectivity index (χ2n) is 7.16. The van der Waals surface area contributed by atoms with Gasteiger partial charge in [0.15, 0.2) is 0 Å². The maximum Gasteiger partial charge on any atom is 0.251 e. The summed E-state index contributed by atoms with van der Waals surface area (Å²) in [6.45, 7) is 3.84. The number of nitrogens with one attached hydrogen (secondary N) is 2. The van der Waals surface area contributed by atoms with E-state index in [1.165, 1.54) is 66.9 Å². The van der Waals surface area contributed by atoms with Crippen LogP contribution in [0.3, 0.4) is 0 Å². The van der Waals surface area contributed by atoms with Crippen LogP contribution in [0, 0.1) is 0 Å². The predicted octanol–water partition coefficient (Wildman–Crippen LogP) is 1.34. The highest BCUT2D eigenvalue weighted by Gasteiger charge is 2.21. The van der Waals surface area contributed by atoms with Crippen LogP contribution in [0.25, 0.3) is 0 Å². The highest BCUT2D eigenvalue weighted by atomic mass is 32.2. The Labute approximate surface area is 194 Å². The molecule has 0 spiro atoms. The van der Waals surface area contributed by atoms with Crippen LogP contribution in [0.1, 0.15) is 24.2 Å². The van der Waals surface area contributed by atoms with Crippen molar-refractivity contribution in [3.63, 3.8) is 0 Å². The van der Waals surface area contributed by atoms with E-state index in [1.54, 1.807) is 13.8 Å². The zero-order valence-corrected chi connectivity index (χ0v) is 20.5. The van der Waals surface area contributed by atoms with Crippen molar-refractivity contribution < 1.29 is 26.4 Å². The number of anilines is 1. The molecule has 0 saturated heterocycles. The molecule has 2 rings (SSSR count). The Balaban J connectivity index is 2.00. The zero-order valence-electron chi connectivity index (χ0n) is 18.9. The van der Waals surface area contributed by atoms with Crippen molar-refractivity contribution in [1.82, 2.24) is 13.9 Å². The number of hydrogen-bond acceptors (Lipinski definition) is 6. The molecule has 0 aliphatic carbocycles. The van der Waals surface area contributed by atoms with Crippen LogP contribution in [0.5, 0.6) is 0 Å². The fourth-order valence-corrected chi connectivity index (χ4v) is 5.31. The molecule has 0 aromatic heterocycles. The maximum atomic E-state index is 12.5. The molecule has 33 heavy (non-hydrogen) atoms. The lowest BCUT2D eigenvalue weighted by atomic mass is 10.2. The summed E-state index contributed by atoms with van der Waals surface area (Å²) in [5.74, 6) is -1.14.